The number of hydrogen-bond donors (Lipinski definition) is 2. The van der Waals surface area contributed by atoms with Crippen molar-refractivity contribution in [2.45, 2.75) is 89.3 Å². The summed E-state index contributed by atoms with van der Waals surface area (Å²) in [6.45, 7) is 4.74. The number of alkyl halides is 3. The van der Waals surface area contributed by atoms with Gasteiger partial charge in [-0.1, -0.05) is 18.2 Å². The molecule has 6 aliphatic heterocycles. The van der Waals surface area contributed by atoms with Gasteiger partial charge in [-0.2, -0.15) is 13.2 Å². The number of anilines is 1. The molecule has 14 nitrogen and oxygen atoms in total. The Labute approximate surface area is 349 Å². The van der Waals surface area contributed by atoms with Gasteiger partial charge in [0.15, 0.2) is 0 Å². The quantitative estimate of drug-likeness (QED) is 0.266. The van der Waals surface area contributed by atoms with Crippen LogP contribution in [0.25, 0.3) is 10.9 Å². The molecule has 1 spiro atoms. The van der Waals surface area contributed by atoms with E-state index in [9.17, 15) is 37.1 Å². The van der Waals surface area contributed by atoms with Crippen LogP contribution in [0.1, 0.15) is 100 Å². The van der Waals surface area contributed by atoms with E-state index < -0.39 is 48.4 Å². The van der Waals surface area contributed by atoms with Crippen LogP contribution in [0.5, 0.6) is 0 Å². The van der Waals surface area contributed by atoms with Gasteiger partial charge in [0, 0.05) is 86.3 Å². The molecular weight excluding hydrogens is 792 g/mol. The van der Waals surface area contributed by atoms with Crippen LogP contribution in [-0.2, 0) is 33.9 Å². The van der Waals surface area contributed by atoms with Crippen LogP contribution in [0, 0.1) is 5.41 Å². The van der Waals surface area contributed by atoms with Gasteiger partial charge in [-0.05, 0) is 85.8 Å². The lowest BCUT2D eigenvalue weighted by molar-refractivity contribution is -0.155. The molecule has 3 saturated heterocycles. The molecule has 4 aromatic rings. The average molecular weight is 838 g/mol. The topological polar surface area (TPSA) is 155 Å². The molecule has 0 saturated carbocycles. The zero-order valence-corrected chi connectivity index (χ0v) is 33.8. The molecule has 3 atom stereocenters. The molecular formula is C44H46F3N9O5. The Bertz CT molecular complexity index is 2420. The Morgan fingerprint density at radius 2 is 1.54 bits per heavy atom. The second-order valence-corrected chi connectivity index (χ2v) is 17.7. The minimum Gasteiger partial charge on any atom is -0.357 e. The maximum atomic E-state index is 13.9. The van der Waals surface area contributed by atoms with Crippen LogP contribution in [0.4, 0.5) is 19.1 Å². The van der Waals surface area contributed by atoms with Crippen molar-refractivity contribution in [2.24, 2.45) is 5.41 Å². The fourth-order valence-corrected chi connectivity index (χ4v) is 10.7. The number of H-pyrrole nitrogens is 1. The molecule has 5 amide bonds. The first kappa shape index (κ1) is 39.5. The number of aromatic amines is 1. The Morgan fingerprint density at radius 1 is 0.902 bits per heavy atom. The van der Waals surface area contributed by atoms with Gasteiger partial charge < -0.3 is 14.8 Å². The zero-order valence-electron chi connectivity index (χ0n) is 33.8. The highest BCUT2D eigenvalue weighted by Gasteiger charge is 2.46. The normalized spacial score (nSPS) is 24.4. The third-order valence-electron chi connectivity index (χ3n) is 14.0. The van der Waals surface area contributed by atoms with Crippen LogP contribution >= 0.6 is 0 Å². The highest BCUT2D eigenvalue weighted by Crippen LogP contribution is 2.44. The van der Waals surface area contributed by atoms with E-state index in [-0.39, 0.29) is 47.9 Å². The number of aromatic nitrogens is 3. The molecule has 2 N–H and O–H groups in total. The molecule has 8 heterocycles. The van der Waals surface area contributed by atoms with E-state index >= 15 is 0 Å². The maximum absolute atomic E-state index is 13.9. The summed E-state index contributed by atoms with van der Waals surface area (Å²) in [7, 11) is 0. The summed E-state index contributed by atoms with van der Waals surface area (Å²) in [4.78, 5) is 85.7. The van der Waals surface area contributed by atoms with Crippen LogP contribution in [0.3, 0.4) is 0 Å². The predicted octanol–water partition coefficient (Wildman–Crippen LogP) is 4.48. The smallest absolute Gasteiger partial charge is 0.357 e. The van der Waals surface area contributed by atoms with Crippen molar-refractivity contribution in [1.82, 2.24) is 39.9 Å². The lowest BCUT2D eigenvalue weighted by atomic mass is 9.71. The largest absolute Gasteiger partial charge is 0.401 e. The molecule has 17 heteroatoms. The SMILES string of the molecule is C[C@@H]1Cc2c([nH]c3ccccc23)[C@@H](c2cnc(N3CCC4(CCN(C(=O)CN5Cc6cc7c(cc6C5)C(=O)N(C5CCC(=O)NC5=O)C7=O)CC4)CC3)nc2)N1CC(F)(F)F. The number of nitrogens with zero attached hydrogens (tertiary/aromatic N) is 7. The number of benzene rings is 2. The molecule has 10 rings (SSSR count). The van der Waals surface area contributed by atoms with E-state index in [1.54, 1.807) is 24.5 Å². The standard InChI is InChI=1S/C44H46F3N9O5/c1-25-16-30-29-4-2-3-5-33(29)50-37(30)38(55(25)24-44(45,46)47)28-19-48-42(49-20-28)54-14-10-43(11-15-54)8-12-53(13-9-43)36(58)23-52-21-26-17-31-32(18-27(26)22-52)41(61)56(40(31)60)34-6-7-35(57)51-39(34)59/h2-5,17-20,25,34,38,50H,6-16,21-24H2,1H3,(H,51,57,59)/t25-,34?,38-/m1/s1. The second kappa shape index (κ2) is 14.8. The van der Waals surface area contributed by atoms with Crippen molar-refractivity contribution in [3.8, 4) is 0 Å². The van der Waals surface area contributed by atoms with Crippen molar-refractivity contribution >= 4 is 46.4 Å². The fourth-order valence-electron chi connectivity index (χ4n) is 10.7. The van der Waals surface area contributed by atoms with Crippen LogP contribution < -0.4 is 10.2 Å². The highest BCUT2D eigenvalue weighted by atomic mass is 19.4. The predicted molar refractivity (Wildman–Crippen MR) is 215 cm³/mol. The van der Waals surface area contributed by atoms with Gasteiger partial charge in [-0.15, -0.1) is 0 Å². The number of amides is 5. The van der Waals surface area contributed by atoms with Gasteiger partial charge >= 0.3 is 6.18 Å². The van der Waals surface area contributed by atoms with Crippen molar-refractivity contribution in [2.75, 3.05) is 44.2 Å². The number of piperidine rings is 3. The Hall–Kier alpha value is -5.68. The average Bonchev–Trinajstić information content (AvgIpc) is 3.88. The fraction of sp³-hybridized carbons (Fsp3) is 0.477. The van der Waals surface area contributed by atoms with Crippen molar-refractivity contribution in [3.63, 3.8) is 0 Å². The summed E-state index contributed by atoms with van der Waals surface area (Å²) in [5.74, 6) is -1.55. The second-order valence-electron chi connectivity index (χ2n) is 17.7. The number of imide groups is 2. The van der Waals surface area contributed by atoms with Gasteiger partial charge in [-0.3, -0.25) is 44.0 Å². The minimum atomic E-state index is -4.37. The maximum Gasteiger partial charge on any atom is 0.401 e. The number of halogens is 3. The van der Waals surface area contributed by atoms with Gasteiger partial charge in [0.05, 0.1) is 30.3 Å². The summed E-state index contributed by atoms with van der Waals surface area (Å²) in [5.41, 5.74) is 5.64. The number of rotatable bonds is 6. The van der Waals surface area contributed by atoms with E-state index in [0.29, 0.717) is 44.1 Å². The molecule has 1 unspecified atom stereocenters. The van der Waals surface area contributed by atoms with E-state index in [2.05, 4.69) is 15.2 Å². The van der Waals surface area contributed by atoms with Crippen molar-refractivity contribution < 1.29 is 37.1 Å². The third kappa shape index (κ3) is 7.04. The van der Waals surface area contributed by atoms with Gasteiger partial charge in [0.1, 0.15) is 6.04 Å². The number of hydrogen-bond acceptors (Lipinski definition) is 10. The Morgan fingerprint density at radius 3 is 2.18 bits per heavy atom. The van der Waals surface area contributed by atoms with E-state index in [0.717, 1.165) is 77.0 Å². The lowest BCUT2D eigenvalue weighted by Crippen LogP contribution is -2.54. The van der Waals surface area contributed by atoms with Crippen LogP contribution in [-0.4, -0.2) is 122 Å². The number of carbonyl (C=O) groups excluding carboxylic acids is 5. The molecule has 3 fully saturated rings. The lowest BCUT2D eigenvalue weighted by Gasteiger charge is -2.47. The van der Waals surface area contributed by atoms with Crippen molar-refractivity contribution in [3.05, 3.63) is 87.9 Å². The monoisotopic (exact) mass is 837 g/mol. The first-order valence-corrected chi connectivity index (χ1v) is 21.1. The van der Waals surface area contributed by atoms with Crippen molar-refractivity contribution in [1.29, 1.82) is 0 Å². The molecule has 0 aliphatic carbocycles. The summed E-state index contributed by atoms with van der Waals surface area (Å²) in [6.07, 6.45) is 3.26. The number of carbonyl (C=O) groups is 5. The number of nitrogens with one attached hydrogen (secondary N) is 2. The molecule has 2 aromatic heterocycles. The summed E-state index contributed by atoms with van der Waals surface area (Å²) >= 11 is 0. The van der Waals surface area contributed by atoms with E-state index in [4.69, 9.17) is 9.97 Å². The molecule has 0 bridgehead atoms. The number of para-hydroxylation sites is 1. The molecule has 0 radical (unpaired) electrons. The Balaban J connectivity index is 0.739. The molecule has 6 aliphatic rings. The number of fused-ring (bicyclic) bond motifs is 5. The summed E-state index contributed by atoms with van der Waals surface area (Å²) in [5, 5.41) is 3.25. The van der Waals surface area contributed by atoms with Crippen LogP contribution in [0.2, 0.25) is 0 Å². The molecule has 2 aromatic carbocycles. The first-order valence-electron chi connectivity index (χ1n) is 21.1. The summed E-state index contributed by atoms with van der Waals surface area (Å²) < 4.78 is 41.7. The zero-order chi connectivity index (χ0) is 42.4. The Kier molecular flexibility index (Phi) is 9.54. The first-order chi connectivity index (χ1) is 29.2. The highest BCUT2D eigenvalue weighted by molar-refractivity contribution is 6.23. The van der Waals surface area contributed by atoms with Gasteiger partial charge in [-0.25, -0.2) is 9.97 Å². The summed E-state index contributed by atoms with van der Waals surface area (Å²) in [6, 6.07) is 9.21. The molecule has 61 heavy (non-hydrogen) atoms. The van der Waals surface area contributed by atoms with Crippen LogP contribution in [0.15, 0.2) is 48.8 Å². The van der Waals surface area contributed by atoms with E-state index in [1.807, 2.05) is 41.0 Å². The van der Waals surface area contributed by atoms with Gasteiger partial charge in [0.2, 0.25) is 23.7 Å². The van der Waals surface area contributed by atoms with Gasteiger partial charge in [0.25, 0.3) is 11.8 Å². The molecule has 318 valence electrons. The minimum absolute atomic E-state index is 0.0398. The van der Waals surface area contributed by atoms with E-state index in [1.165, 1.54) is 4.90 Å². The number of likely N-dealkylation sites (tertiary alicyclic amines) is 1. The third-order valence-corrected chi connectivity index (χ3v) is 14.0.